The quantitative estimate of drug-likeness (QED) is 0.537. The second kappa shape index (κ2) is 8.18. The van der Waals surface area contributed by atoms with E-state index in [2.05, 4.69) is 12.2 Å². The first-order valence-corrected chi connectivity index (χ1v) is 9.31. The first-order valence-electron chi connectivity index (χ1n) is 8.94. The highest BCUT2D eigenvalue weighted by atomic mass is 35.5. The van der Waals surface area contributed by atoms with Gasteiger partial charge in [-0.2, -0.15) is 13.2 Å². The van der Waals surface area contributed by atoms with Gasteiger partial charge in [-0.15, -0.1) is 0 Å². The third-order valence-electron chi connectivity index (χ3n) is 4.60. The lowest BCUT2D eigenvalue weighted by Crippen LogP contribution is -2.47. The van der Waals surface area contributed by atoms with Crippen LogP contribution in [-0.4, -0.2) is 23.7 Å². The summed E-state index contributed by atoms with van der Waals surface area (Å²) in [4.78, 5) is 12.7. The summed E-state index contributed by atoms with van der Waals surface area (Å²) in [7, 11) is 0. The largest absolute Gasteiger partial charge is 0.406 e. The molecule has 1 saturated carbocycles. The van der Waals surface area contributed by atoms with Gasteiger partial charge < -0.3 is 10.2 Å². The minimum absolute atomic E-state index is 0.00140. The Hall–Kier alpha value is -2.35. The van der Waals surface area contributed by atoms with E-state index in [1.807, 2.05) is 0 Å². The van der Waals surface area contributed by atoms with Gasteiger partial charge in [-0.25, -0.2) is 13.6 Å². The van der Waals surface area contributed by atoms with Crippen LogP contribution in [0, 0.1) is 17.6 Å². The molecule has 1 aliphatic heterocycles. The van der Waals surface area contributed by atoms with Crippen molar-refractivity contribution in [3.8, 4) is 0 Å². The second-order valence-corrected chi connectivity index (χ2v) is 7.60. The van der Waals surface area contributed by atoms with E-state index < -0.39 is 36.4 Å². The van der Waals surface area contributed by atoms with Crippen molar-refractivity contribution in [2.24, 2.45) is 5.92 Å². The summed E-state index contributed by atoms with van der Waals surface area (Å²) in [6, 6.07) is 4.72. The van der Waals surface area contributed by atoms with Gasteiger partial charge in [-0.05, 0) is 41.8 Å². The van der Waals surface area contributed by atoms with Crippen molar-refractivity contribution in [1.82, 2.24) is 4.90 Å². The molecule has 0 radical (unpaired) electrons. The Morgan fingerprint density at radius 3 is 2.31 bits per heavy atom. The number of alkyl halides is 3. The predicted octanol–water partition coefficient (Wildman–Crippen LogP) is 6.53. The van der Waals surface area contributed by atoms with Gasteiger partial charge in [0, 0.05) is 16.3 Å². The minimum Gasteiger partial charge on any atom is -0.307 e. The molecule has 4 rings (SSSR count). The monoisotopic (exact) mass is 432 g/mol. The number of amides is 2. The molecule has 29 heavy (non-hydrogen) atoms. The van der Waals surface area contributed by atoms with E-state index in [9.17, 15) is 26.7 Å². The number of benzene rings is 2. The summed E-state index contributed by atoms with van der Waals surface area (Å²) in [5, 5.41) is 2.58. The summed E-state index contributed by atoms with van der Waals surface area (Å²) in [6.45, 7) is 0.717. The van der Waals surface area contributed by atoms with Crippen LogP contribution in [0.15, 0.2) is 36.4 Å². The third-order valence-corrected chi connectivity index (χ3v) is 4.83. The van der Waals surface area contributed by atoms with Crippen molar-refractivity contribution in [2.45, 2.75) is 32.0 Å². The van der Waals surface area contributed by atoms with Gasteiger partial charge in [0.15, 0.2) is 11.6 Å². The number of halogens is 6. The summed E-state index contributed by atoms with van der Waals surface area (Å²) in [5.41, 5.74) is 0.506. The van der Waals surface area contributed by atoms with E-state index in [4.69, 9.17) is 11.6 Å². The molecule has 2 aromatic rings. The number of urea groups is 1. The van der Waals surface area contributed by atoms with Gasteiger partial charge in [0.1, 0.15) is 6.54 Å². The number of hydrogen-bond acceptors (Lipinski definition) is 1. The van der Waals surface area contributed by atoms with E-state index in [1.54, 1.807) is 0 Å². The molecule has 156 valence electrons. The Labute approximate surface area is 169 Å². The Kier molecular flexibility index (Phi) is 6.03. The van der Waals surface area contributed by atoms with Crippen LogP contribution in [0.4, 0.5) is 32.4 Å². The van der Waals surface area contributed by atoms with Gasteiger partial charge in [0.25, 0.3) is 0 Å². The molecule has 1 atom stereocenters. The first-order chi connectivity index (χ1) is 13.5. The zero-order valence-corrected chi connectivity index (χ0v) is 16.1. The summed E-state index contributed by atoms with van der Waals surface area (Å²) in [6.07, 6.45) is -1.70. The number of rotatable bonds is 2. The molecule has 3 nitrogen and oxygen atoms in total. The number of carbonyl (C=O) groups is 1. The molecule has 0 bridgehead atoms. The summed E-state index contributed by atoms with van der Waals surface area (Å²) >= 11 is 5.92. The number of anilines is 1. The van der Waals surface area contributed by atoms with E-state index in [0.29, 0.717) is 4.90 Å². The summed E-state index contributed by atoms with van der Waals surface area (Å²) in [5.74, 6) is -1.28. The Bertz CT molecular complexity index is 914. The maximum atomic E-state index is 13.6. The molecule has 0 saturated heterocycles. The molecule has 0 aromatic heterocycles. The van der Waals surface area contributed by atoms with E-state index in [1.165, 1.54) is 31.0 Å². The van der Waals surface area contributed by atoms with Crippen molar-refractivity contribution >= 4 is 23.3 Å². The van der Waals surface area contributed by atoms with Crippen LogP contribution in [0.5, 0.6) is 0 Å². The maximum absolute atomic E-state index is 13.6. The highest BCUT2D eigenvalue weighted by Crippen LogP contribution is 2.40. The molecule has 0 spiro atoms. The van der Waals surface area contributed by atoms with Crippen LogP contribution in [-0.2, 0) is 0 Å². The zero-order valence-electron chi connectivity index (χ0n) is 15.4. The lowest BCUT2D eigenvalue weighted by atomic mass is 9.93. The van der Waals surface area contributed by atoms with Crippen LogP contribution in [0.1, 0.15) is 36.9 Å². The van der Waals surface area contributed by atoms with Crippen LogP contribution >= 0.6 is 11.6 Å². The molecule has 1 fully saturated rings. The average Bonchev–Trinajstić information content (AvgIpc) is 3.40. The molecule has 1 unspecified atom stereocenters. The number of fused-ring (bicyclic) bond motifs is 1. The molecular formula is C20H18ClF5N2O. The Morgan fingerprint density at radius 1 is 1.10 bits per heavy atom. The molecule has 2 aromatic carbocycles. The average molecular weight is 433 g/mol. The fourth-order valence-corrected chi connectivity index (χ4v) is 3.09. The van der Waals surface area contributed by atoms with Crippen LogP contribution in [0.2, 0.25) is 5.02 Å². The maximum Gasteiger partial charge on any atom is 0.406 e. The van der Waals surface area contributed by atoms with Gasteiger partial charge in [0.2, 0.25) is 0 Å². The molecular weight excluding hydrogens is 415 g/mol. The molecule has 1 aliphatic carbocycles. The van der Waals surface area contributed by atoms with Crippen LogP contribution in [0.3, 0.4) is 0 Å². The molecule has 2 amide bonds. The highest BCUT2D eigenvalue weighted by Gasteiger charge is 2.41. The van der Waals surface area contributed by atoms with Gasteiger partial charge in [0.05, 0.1) is 6.04 Å². The Balaban J connectivity index is 0.000000536. The SMILES string of the molecule is CC1CC1.O=C1Nc2ccc(Cl)cc2C(c2ccc(F)c(F)c2)N1CC(F)(F)F. The first kappa shape index (κ1) is 21.4. The van der Waals surface area contributed by atoms with Crippen molar-refractivity contribution in [1.29, 1.82) is 0 Å². The Morgan fingerprint density at radius 2 is 1.76 bits per heavy atom. The second-order valence-electron chi connectivity index (χ2n) is 7.16. The van der Waals surface area contributed by atoms with Crippen LogP contribution < -0.4 is 5.32 Å². The highest BCUT2D eigenvalue weighted by molar-refractivity contribution is 6.30. The smallest absolute Gasteiger partial charge is 0.307 e. The summed E-state index contributed by atoms with van der Waals surface area (Å²) < 4.78 is 65.6. The molecule has 2 aliphatic rings. The number of hydrogen-bond donors (Lipinski definition) is 1. The van der Waals surface area contributed by atoms with Crippen molar-refractivity contribution < 1.29 is 26.7 Å². The minimum atomic E-state index is -4.68. The van der Waals surface area contributed by atoms with Gasteiger partial charge >= 0.3 is 12.2 Å². The number of carbonyl (C=O) groups excluding carboxylic acids is 1. The van der Waals surface area contributed by atoms with Crippen molar-refractivity contribution in [3.05, 3.63) is 64.2 Å². The van der Waals surface area contributed by atoms with Crippen LogP contribution in [0.25, 0.3) is 0 Å². The van der Waals surface area contributed by atoms with E-state index >= 15 is 0 Å². The standard InChI is InChI=1S/C16H10ClF5N2O.C4H8/c17-9-2-4-13-10(6-9)14(8-1-3-11(18)12(19)5-8)24(15(25)23-13)7-16(20,21)22;1-4-2-3-4/h1-6,14H,7H2,(H,23,25);4H,2-3H2,1H3. The fourth-order valence-electron chi connectivity index (χ4n) is 2.91. The third kappa shape index (κ3) is 5.38. The van der Waals surface area contributed by atoms with Gasteiger partial charge in [-0.1, -0.05) is 37.4 Å². The number of nitrogens with one attached hydrogen (secondary N) is 1. The zero-order chi connectivity index (χ0) is 21.3. The molecule has 1 N–H and O–H groups in total. The van der Waals surface area contributed by atoms with Crippen molar-refractivity contribution in [2.75, 3.05) is 11.9 Å². The van der Waals surface area contributed by atoms with Crippen molar-refractivity contribution in [3.63, 3.8) is 0 Å². The fraction of sp³-hybridized carbons (Fsp3) is 0.350. The topological polar surface area (TPSA) is 32.3 Å². The lowest BCUT2D eigenvalue weighted by Gasteiger charge is -2.38. The lowest BCUT2D eigenvalue weighted by molar-refractivity contribution is -0.142. The predicted molar refractivity (Wildman–Crippen MR) is 99.8 cm³/mol. The van der Waals surface area contributed by atoms with E-state index in [0.717, 1.165) is 24.1 Å². The normalized spacial score (nSPS) is 18.5. The van der Waals surface area contributed by atoms with Gasteiger partial charge in [-0.3, -0.25) is 0 Å². The molecule has 9 heteroatoms. The molecule has 1 heterocycles. The van der Waals surface area contributed by atoms with E-state index in [-0.39, 0.29) is 21.8 Å². The number of nitrogens with zero attached hydrogens (tertiary/aromatic N) is 1.